The van der Waals surface area contributed by atoms with Gasteiger partial charge in [0.15, 0.2) is 36.2 Å². The maximum absolute atomic E-state index is 12.6. The minimum absolute atomic E-state index is 0.175. The van der Waals surface area contributed by atoms with Crippen LogP contribution in [0.4, 0.5) is 4.79 Å². The monoisotopic (exact) mass is 551 g/mol. The van der Waals surface area contributed by atoms with E-state index in [9.17, 15) is 14.4 Å². The van der Waals surface area contributed by atoms with Crippen LogP contribution < -0.4 is 35.0 Å². The first-order valence-electron chi connectivity index (χ1n) is 12.1. The highest BCUT2D eigenvalue weighted by Gasteiger charge is 2.32. The van der Waals surface area contributed by atoms with Crippen LogP contribution in [-0.2, 0) is 14.3 Å². The molecule has 1 aliphatic rings. The summed E-state index contributed by atoms with van der Waals surface area (Å²) in [5.41, 5.74) is 4.02. The molecular formula is C27H29N5O8. The summed E-state index contributed by atoms with van der Waals surface area (Å²) in [6.07, 6.45) is 1.35. The zero-order chi connectivity index (χ0) is 29.1. The highest BCUT2D eigenvalue weighted by Crippen LogP contribution is 2.34. The normalized spacial score (nSPS) is 14.5. The van der Waals surface area contributed by atoms with Crippen molar-refractivity contribution in [1.82, 2.24) is 16.1 Å². The third-order valence-electron chi connectivity index (χ3n) is 5.55. The van der Waals surface area contributed by atoms with Gasteiger partial charge in [0.2, 0.25) is 0 Å². The van der Waals surface area contributed by atoms with E-state index in [1.165, 1.54) is 20.4 Å². The smallest absolute Gasteiger partial charge is 0.338 e. The average Bonchev–Trinajstić information content (AvgIpc) is 2.94. The molecular weight excluding hydrogens is 522 g/mol. The van der Waals surface area contributed by atoms with Gasteiger partial charge in [0.25, 0.3) is 5.91 Å². The number of ether oxygens (including phenoxy) is 5. The Balaban J connectivity index is 1.69. The van der Waals surface area contributed by atoms with Crippen molar-refractivity contribution >= 4 is 24.1 Å². The standard InChI is InChI=1S/C27H29N5O8/c1-5-38-26(34)23-16(2)30-27(35)31-24(23)17-9-10-19(21(13-17)37-4)40-15-22(33)32-29-14-18-7-6-8-20(36-3)25(18)39-12-11-28/h6-10,13-14,24H,5,12,15H2,1-4H3,(H,32,33)(H2,30,31,35)/b29-14+/t24-/m1/s1. The molecule has 1 heterocycles. The van der Waals surface area contributed by atoms with Gasteiger partial charge in [-0.3, -0.25) is 4.79 Å². The Morgan fingerprint density at radius 1 is 1.12 bits per heavy atom. The van der Waals surface area contributed by atoms with Crippen LogP contribution >= 0.6 is 0 Å². The number of urea groups is 1. The molecule has 3 amide bonds. The number of methoxy groups -OCH3 is 2. The second kappa shape index (κ2) is 14.1. The van der Waals surface area contributed by atoms with Crippen molar-refractivity contribution in [3.8, 4) is 29.1 Å². The van der Waals surface area contributed by atoms with Gasteiger partial charge in [0.1, 0.15) is 6.07 Å². The van der Waals surface area contributed by atoms with Gasteiger partial charge in [-0.05, 0) is 43.7 Å². The lowest BCUT2D eigenvalue weighted by Crippen LogP contribution is -2.45. The summed E-state index contributed by atoms with van der Waals surface area (Å²) in [5, 5.41) is 18.0. The lowest BCUT2D eigenvalue weighted by atomic mass is 9.95. The van der Waals surface area contributed by atoms with E-state index in [2.05, 4.69) is 21.2 Å². The maximum Gasteiger partial charge on any atom is 0.338 e. The van der Waals surface area contributed by atoms with E-state index < -0.39 is 23.9 Å². The maximum atomic E-state index is 12.6. The number of hydrogen-bond donors (Lipinski definition) is 3. The summed E-state index contributed by atoms with van der Waals surface area (Å²) >= 11 is 0. The highest BCUT2D eigenvalue weighted by molar-refractivity contribution is 5.95. The molecule has 0 spiro atoms. The Morgan fingerprint density at radius 3 is 2.60 bits per heavy atom. The zero-order valence-corrected chi connectivity index (χ0v) is 22.4. The van der Waals surface area contributed by atoms with Crippen molar-refractivity contribution in [2.24, 2.45) is 5.10 Å². The fraction of sp³-hybridized carbons (Fsp3) is 0.296. The van der Waals surface area contributed by atoms with Crippen molar-refractivity contribution in [3.63, 3.8) is 0 Å². The van der Waals surface area contributed by atoms with Crippen LogP contribution in [0.25, 0.3) is 0 Å². The number of para-hydroxylation sites is 1. The molecule has 0 radical (unpaired) electrons. The lowest BCUT2D eigenvalue weighted by molar-refractivity contribution is -0.139. The summed E-state index contributed by atoms with van der Waals surface area (Å²) < 4.78 is 26.8. The molecule has 13 heteroatoms. The molecule has 2 aromatic carbocycles. The number of rotatable bonds is 12. The molecule has 3 N–H and O–H groups in total. The summed E-state index contributed by atoms with van der Waals surface area (Å²) in [7, 11) is 2.89. The first kappa shape index (κ1) is 29.3. The first-order chi connectivity index (χ1) is 19.3. The van der Waals surface area contributed by atoms with Crippen LogP contribution in [-0.4, -0.2) is 58.2 Å². The topological polar surface area (TPSA) is 170 Å². The zero-order valence-electron chi connectivity index (χ0n) is 22.4. The summed E-state index contributed by atoms with van der Waals surface area (Å²) in [4.78, 5) is 37.0. The molecule has 0 saturated carbocycles. The number of esters is 1. The number of nitrogens with zero attached hydrogens (tertiary/aromatic N) is 2. The van der Waals surface area contributed by atoms with Crippen LogP contribution in [0.15, 0.2) is 52.8 Å². The van der Waals surface area contributed by atoms with E-state index in [0.29, 0.717) is 28.3 Å². The van der Waals surface area contributed by atoms with E-state index in [1.807, 2.05) is 6.07 Å². The fourth-order valence-electron chi connectivity index (χ4n) is 3.81. The van der Waals surface area contributed by atoms with Crippen LogP contribution in [0.1, 0.15) is 31.0 Å². The van der Waals surface area contributed by atoms with Crippen LogP contribution in [0.2, 0.25) is 0 Å². The van der Waals surface area contributed by atoms with Crippen molar-refractivity contribution < 1.29 is 38.1 Å². The van der Waals surface area contributed by atoms with E-state index in [4.69, 9.17) is 28.9 Å². The number of hydrazone groups is 1. The molecule has 13 nitrogen and oxygen atoms in total. The minimum Gasteiger partial charge on any atom is -0.493 e. The Labute approximate surface area is 230 Å². The second-order valence-corrected chi connectivity index (χ2v) is 8.11. The summed E-state index contributed by atoms with van der Waals surface area (Å²) in [6.45, 7) is 2.90. The van der Waals surface area contributed by atoms with Gasteiger partial charge < -0.3 is 34.3 Å². The minimum atomic E-state index is -0.785. The molecule has 0 unspecified atom stereocenters. The van der Waals surface area contributed by atoms with Gasteiger partial charge in [0, 0.05) is 11.3 Å². The van der Waals surface area contributed by atoms with Gasteiger partial charge in [-0.1, -0.05) is 12.1 Å². The van der Waals surface area contributed by atoms with Gasteiger partial charge in [0.05, 0.1) is 38.7 Å². The van der Waals surface area contributed by atoms with E-state index in [1.54, 1.807) is 50.2 Å². The molecule has 1 atom stereocenters. The predicted molar refractivity (Wildman–Crippen MR) is 142 cm³/mol. The van der Waals surface area contributed by atoms with Gasteiger partial charge in [-0.15, -0.1) is 0 Å². The van der Waals surface area contributed by atoms with Crippen LogP contribution in [0, 0.1) is 11.3 Å². The molecule has 0 fully saturated rings. The van der Waals surface area contributed by atoms with Crippen molar-refractivity contribution in [2.75, 3.05) is 34.0 Å². The molecule has 3 rings (SSSR count). The molecule has 0 aliphatic carbocycles. The Morgan fingerprint density at radius 2 is 1.90 bits per heavy atom. The van der Waals surface area contributed by atoms with Gasteiger partial charge in [-0.2, -0.15) is 10.4 Å². The third-order valence-corrected chi connectivity index (χ3v) is 5.55. The lowest BCUT2D eigenvalue weighted by Gasteiger charge is -2.28. The molecule has 2 aromatic rings. The fourth-order valence-corrected chi connectivity index (χ4v) is 3.81. The SMILES string of the molecule is CCOC(=O)C1=C(C)NC(=O)N[C@@H]1c1ccc(OCC(=O)N/N=C/c2cccc(OC)c2OCC#N)c(OC)c1. The molecule has 0 aromatic heterocycles. The quantitative estimate of drug-likeness (QED) is 0.204. The molecule has 0 saturated heterocycles. The van der Waals surface area contributed by atoms with Gasteiger partial charge >= 0.3 is 12.0 Å². The number of amides is 3. The second-order valence-electron chi connectivity index (χ2n) is 8.11. The molecule has 40 heavy (non-hydrogen) atoms. The largest absolute Gasteiger partial charge is 0.493 e. The first-order valence-corrected chi connectivity index (χ1v) is 12.1. The Kier molecular flexibility index (Phi) is 10.3. The van der Waals surface area contributed by atoms with Crippen molar-refractivity contribution in [2.45, 2.75) is 19.9 Å². The van der Waals surface area contributed by atoms with E-state index in [-0.39, 0.29) is 36.9 Å². The number of nitriles is 1. The summed E-state index contributed by atoms with van der Waals surface area (Å²) in [6, 6.07) is 10.5. The van der Waals surface area contributed by atoms with Gasteiger partial charge in [-0.25, -0.2) is 15.0 Å². The highest BCUT2D eigenvalue weighted by atomic mass is 16.5. The number of benzene rings is 2. The number of carbonyl (C=O) groups excluding carboxylic acids is 3. The van der Waals surface area contributed by atoms with Crippen molar-refractivity contribution in [3.05, 3.63) is 58.8 Å². The predicted octanol–water partition coefficient (Wildman–Crippen LogP) is 2.33. The number of nitrogens with one attached hydrogen (secondary N) is 3. The Hall–Kier alpha value is -5.25. The number of allylic oxidation sites excluding steroid dienone is 1. The molecule has 1 aliphatic heterocycles. The average molecular weight is 552 g/mol. The number of hydrogen-bond acceptors (Lipinski definition) is 10. The third kappa shape index (κ3) is 7.19. The summed E-state index contributed by atoms with van der Waals surface area (Å²) in [5.74, 6) is 0.132. The Bertz CT molecular complexity index is 1370. The number of carbonyl (C=O) groups is 3. The molecule has 0 bridgehead atoms. The van der Waals surface area contributed by atoms with E-state index >= 15 is 0 Å². The molecule has 210 valence electrons. The van der Waals surface area contributed by atoms with Crippen LogP contribution in [0.3, 0.4) is 0 Å². The van der Waals surface area contributed by atoms with Crippen molar-refractivity contribution in [1.29, 1.82) is 5.26 Å². The van der Waals surface area contributed by atoms with E-state index in [0.717, 1.165) is 0 Å². The van der Waals surface area contributed by atoms with Crippen LogP contribution in [0.5, 0.6) is 23.0 Å².